The van der Waals surface area contributed by atoms with E-state index in [9.17, 15) is 22.4 Å². The summed E-state index contributed by atoms with van der Waals surface area (Å²) in [7, 11) is 0. The first-order valence-corrected chi connectivity index (χ1v) is 10.8. The Morgan fingerprint density at radius 3 is 2.41 bits per heavy atom. The van der Waals surface area contributed by atoms with Gasteiger partial charge in [0.1, 0.15) is 11.6 Å². The van der Waals surface area contributed by atoms with E-state index in [4.69, 9.17) is 4.74 Å². The second-order valence-corrected chi connectivity index (χ2v) is 8.00. The fourth-order valence-electron chi connectivity index (χ4n) is 3.05. The molecule has 0 saturated carbocycles. The van der Waals surface area contributed by atoms with Crippen molar-refractivity contribution in [3.05, 3.63) is 107 Å². The quantitative estimate of drug-likeness (QED) is 0.325. The number of alkyl halides is 3. The van der Waals surface area contributed by atoms with Gasteiger partial charge in [-0.2, -0.15) is 22.5 Å². The fraction of sp³-hybridized carbons (Fsp3) is 0.125. The zero-order valence-electron chi connectivity index (χ0n) is 17.5. The van der Waals surface area contributed by atoms with Gasteiger partial charge < -0.3 is 10.1 Å². The van der Waals surface area contributed by atoms with Crippen LogP contribution in [0, 0.1) is 5.82 Å². The van der Waals surface area contributed by atoms with Crippen LogP contribution in [-0.2, 0) is 19.1 Å². The number of benzene rings is 3. The molecule has 0 radical (unpaired) electrons. The lowest BCUT2D eigenvalue weighted by Gasteiger charge is -2.10. The first kappa shape index (κ1) is 23.4. The summed E-state index contributed by atoms with van der Waals surface area (Å²) >= 11 is 1.07. The molecule has 1 aromatic heterocycles. The number of ether oxygens (including phenoxy) is 1. The molecule has 4 rings (SSSR count). The highest BCUT2D eigenvalue weighted by Gasteiger charge is 2.30. The van der Waals surface area contributed by atoms with Crippen LogP contribution >= 0.6 is 11.5 Å². The number of rotatable bonds is 7. The maximum Gasteiger partial charge on any atom is 0.416 e. The molecule has 0 aliphatic heterocycles. The molecule has 34 heavy (non-hydrogen) atoms. The molecule has 4 aromatic rings. The number of amides is 1. The Hall–Kier alpha value is -3.79. The van der Waals surface area contributed by atoms with Crippen LogP contribution < -0.4 is 10.1 Å². The standard InChI is InChI=1S/C24H17F4N3O2S/c25-19-8-4-15(5-9-19)13-21-30-23(34-31-21)33-20-10-6-17(7-11-20)22(32)29-14-16-2-1-3-18(12-16)24(26,27)28/h1-12H,13-14H2,(H,29,32). The molecule has 5 nitrogen and oxygen atoms in total. The van der Waals surface area contributed by atoms with E-state index in [0.717, 1.165) is 29.2 Å². The zero-order chi connectivity index (χ0) is 24.1. The van der Waals surface area contributed by atoms with Crippen molar-refractivity contribution in [2.24, 2.45) is 0 Å². The van der Waals surface area contributed by atoms with Crippen LogP contribution in [0.1, 0.15) is 32.9 Å². The van der Waals surface area contributed by atoms with Crippen LogP contribution in [-0.4, -0.2) is 15.3 Å². The maximum absolute atomic E-state index is 13.0. The lowest BCUT2D eigenvalue weighted by atomic mass is 10.1. The maximum atomic E-state index is 13.0. The van der Waals surface area contributed by atoms with E-state index in [1.54, 1.807) is 24.3 Å². The van der Waals surface area contributed by atoms with Crippen molar-refractivity contribution in [2.45, 2.75) is 19.1 Å². The Bertz CT molecular complexity index is 1270. The second-order valence-electron chi connectivity index (χ2n) is 7.29. The van der Waals surface area contributed by atoms with Gasteiger partial charge in [0.15, 0.2) is 5.82 Å². The smallest absolute Gasteiger partial charge is 0.416 e. The first-order valence-electron chi connectivity index (χ1n) is 10.1. The summed E-state index contributed by atoms with van der Waals surface area (Å²) in [5.74, 6) is 0.240. The van der Waals surface area contributed by atoms with Crippen molar-refractivity contribution in [2.75, 3.05) is 0 Å². The second kappa shape index (κ2) is 10.0. The zero-order valence-corrected chi connectivity index (χ0v) is 18.3. The molecule has 1 heterocycles. The lowest BCUT2D eigenvalue weighted by molar-refractivity contribution is -0.137. The number of hydrogen-bond acceptors (Lipinski definition) is 5. The van der Waals surface area contributed by atoms with Crippen molar-refractivity contribution in [1.29, 1.82) is 0 Å². The predicted molar refractivity (Wildman–Crippen MR) is 118 cm³/mol. The van der Waals surface area contributed by atoms with Crippen LogP contribution in [0.4, 0.5) is 17.6 Å². The molecule has 3 aromatic carbocycles. The van der Waals surface area contributed by atoms with Gasteiger partial charge in [-0.1, -0.05) is 24.3 Å². The monoisotopic (exact) mass is 487 g/mol. The van der Waals surface area contributed by atoms with Gasteiger partial charge in [0.25, 0.3) is 11.1 Å². The number of halogens is 4. The molecule has 0 unspecified atom stereocenters. The lowest BCUT2D eigenvalue weighted by Crippen LogP contribution is -2.22. The van der Waals surface area contributed by atoms with E-state index in [0.29, 0.717) is 34.3 Å². The Kier molecular flexibility index (Phi) is 6.87. The summed E-state index contributed by atoms with van der Waals surface area (Å²) in [5.41, 5.74) is 0.772. The number of hydrogen-bond donors (Lipinski definition) is 1. The van der Waals surface area contributed by atoms with Crippen molar-refractivity contribution in [3.8, 4) is 10.9 Å². The third kappa shape index (κ3) is 6.16. The highest BCUT2D eigenvalue weighted by molar-refractivity contribution is 7.07. The molecule has 0 fully saturated rings. The molecule has 0 aliphatic rings. The summed E-state index contributed by atoms with van der Waals surface area (Å²) in [5, 5.41) is 2.92. The van der Waals surface area contributed by atoms with Crippen LogP contribution in [0.25, 0.3) is 0 Å². The normalized spacial score (nSPS) is 11.3. The number of nitrogens with one attached hydrogen (secondary N) is 1. The molecule has 174 valence electrons. The summed E-state index contributed by atoms with van der Waals surface area (Å²) in [4.78, 5) is 16.6. The van der Waals surface area contributed by atoms with E-state index in [2.05, 4.69) is 14.7 Å². The number of nitrogens with zero attached hydrogens (tertiary/aromatic N) is 2. The van der Waals surface area contributed by atoms with Gasteiger partial charge in [0.2, 0.25) is 0 Å². The van der Waals surface area contributed by atoms with Crippen LogP contribution in [0.5, 0.6) is 10.9 Å². The first-order chi connectivity index (χ1) is 16.3. The van der Waals surface area contributed by atoms with Gasteiger partial charge in [-0.05, 0) is 59.7 Å². The molecule has 10 heteroatoms. The molecule has 0 saturated heterocycles. The number of carbonyl (C=O) groups excluding carboxylic acids is 1. The van der Waals surface area contributed by atoms with E-state index < -0.39 is 17.6 Å². The topological polar surface area (TPSA) is 64.1 Å². The van der Waals surface area contributed by atoms with Crippen LogP contribution in [0.3, 0.4) is 0 Å². The van der Waals surface area contributed by atoms with Gasteiger partial charge in [-0.3, -0.25) is 4.79 Å². The molecule has 0 atom stereocenters. The van der Waals surface area contributed by atoms with Gasteiger partial charge in [-0.25, -0.2) is 4.39 Å². The van der Waals surface area contributed by atoms with Crippen molar-refractivity contribution < 1.29 is 27.1 Å². The van der Waals surface area contributed by atoms with Crippen LogP contribution in [0.15, 0.2) is 72.8 Å². The highest BCUT2D eigenvalue weighted by Crippen LogP contribution is 2.29. The van der Waals surface area contributed by atoms with E-state index in [1.807, 2.05) is 0 Å². The molecule has 1 N–H and O–H groups in total. The largest absolute Gasteiger partial charge is 0.430 e. The molecular weight excluding hydrogens is 470 g/mol. The number of carbonyl (C=O) groups is 1. The molecular formula is C24H17F4N3O2S. The van der Waals surface area contributed by atoms with E-state index in [-0.39, 0.29) is 12.4 Å². The minimum absolute atomic E-state index is 0.0391. The SMILES string of the molecule is O=C(NCc1cccc(C(F)(F)F)c1)c1ccc(Oc2nc(Cc3ccc(F)cc3)ns2)cc1. The van der Waals surface area contributed by atoms with Crippen LogP contribution in [0.2, 0.25) is 0 Å². The summed E-state index contributed by atoms with van der Waals surface area (Å²) in [6.45, 7) is -0.0391. The Labute approximate surface area is 196 Å². The molecule has 0 aliphatic carbocycles. The molecule has 1 amide bonds. The van der Waals surface area contributed by atoms with Gasteiger partial charge >= 0.3 is 6.18 Å². The predicted octanol–water partition coefficient (Wildman–Crippen LogP) is 6.01. The minimum Gasteiger partial charge on any atom is -0.430 e. The highest BCUT2D eigenvalue weighted by atomic mass is 32.1. The van der Waals surface area contributed by atoms with Crippen molar-refractivity contribution >= 4 is 17.4 Å². The summed E-state index contributed by atoms with van der Waals surface area (Å²) in [6.07, 6.45) is -4.00. The fourth-order valence-corrected chi connectivity index (χ4v) is 3.62. The summed E-state index contributed by atoms with van der Waals surface area (Å²) < 4.78 is 61.4. The summed E-state index contributed by atoms with van der Waals surface area (Å²) in [6, 6.07) is 17.1. The molecule has 0 spiro atoms. The third-order valence-electron chi connectivity index (χ3n) is 4.75. The van der Waals surface area contributed by atoms with Gasteiger partial charge in [-0.15, -0.1) is 0 Å². The van der Waals surface area contributed by atoms with Crippen molar-refractivity contribution in [1.82, 2.24) is 14.7 Å². The van der Waals surface area contributed by atoms with E-state index in [1.165, 1.54) is 36.4 Å². The average molecular weight is 487 g/mol. The van der Waals surface area contributed by atoms with Gasteiger partial charge in [0.05, 0.1) is 5.56 Å². The third-order valence-corrected chi connectivity index (χ3v) is 5.39. The number of aromatic nitrogens is 2. The Morgan fingerprint density at radius 1 is 0.971 bits per heavy atom. The Balaban J connectivity index is 1.32. The van der Waals surface area contributed by atoms with Gasteiger partial charge in [0, 0.05) is 30.1 Å². The molecule has 0 bridgehead atoms. The van der Waals surface area contributed by atoms with Crippen molar-refractivity contribution in [3.63, 3.8) is 0 Å². The Morgan fingerprint density at radius 2 is 1.71 bits per heavy atom. The average Bonchev–Trinajstić information content (AvgIpc) is 3.26. The van der Waals surface area contributed by atoms with E-state index >= 15 is 0 Å². The minimum atomic E-state index is -4.44.